The number of hydrogen-bond donors (Lipinski definition) is 2. The standard InChI is InChI=1S/C11H14N2O/c1-8-3-5-10(6-4-8)13-11(14)7-9(2)12/h3-6,12H,7H2,1-2H3,(H,13,14). The van der Waals surface area contributed by atoms with Crippen LogP contribution in [0.2, 0.25) is 0 Å². The number of nitrogens with one attached hydrogen (secondary N) is 2. The van der Waals surface area contributed by atoms with Crippen molar-refractivity contribution >= 4 is 17.3 Å². The van der Waals surface area contributed by atoms with Crippen LogP contribution in [-0.2, 0) is 4.79 Å². The molecular weight excluding hydrogens is 176 g/mol. The molecule has 3 nitrogen and oxygen atoms in total. The summed E-state index contributed by atoms with van der Waals surface area (Å²) in [7, 11) is 0. The third-order valence-corrected chi connectivity index (χ3v) is 1.76. The van der Waals surface area contributed by atoms with Crippen LogP contribution in [0.15, 0.2) is 24.3 Å². The van der Waals surface area contributed by atoms with E-state index in [9.17, 15) is 4.79 Å². The molecule has 2 N–H and O–H groups in total. The first kappa shape index (κ1) is 10.4. The third-order valence-electron chi connectivity index (χ3n) is 1.76. The van der Waals surface area contributed by atoms with Gasteiger partial charge in [0.05, 0.1) is 6.42 Å². The first-order valence-electron chi connectivity index (χ1n) is 4.48. The van der Waals surface area contributed by atoms with Crippen molar-refractivity contribution in [2.24, 2.45) is 0 Å². The van der Waals surface area contributed by atoms with Crippen molar-refractivity contribution in [2.45, 2.75) is 20.3 Å². The summed E-state index contributed by atoms with van der Waals surface area (Å²) < 4.78 is 0. The van der Waals surface area contributed by atoms with Gasteiger partial charge in [-0.3, -0.25) is 4.79 Å². The normalized spacial score (nSPS) is 9.57. The summed E-state index contributed by atoms with van der Waals surface area (Å²) >= 11 is 0. The van der Waals surface area contributed by atoms with Gasteiger partial charge in [-0.15, -0.1) is 0 Å². The minimum Gasteiger partial charge on any atom is -0.326 e. The molecule has 0 aliphatic carbocycles. The fourth-order valence-corrected chi connectivity index (χ4v) is 1.08. The molecular formula is C11H14N2O. The molecule has 0 heterocycles. The van der Waals surface area contributed by atoms with E-state index < -0.39 is 0 Å². The number of amides is 1. The van der Waals surface area contributed by atoms with Gasteiger partial charge in [0.15, 0.2) is 0 Å². The number of benzene rings is 1. The van der Waals surface area contributed by atoms with E-state index in [2.05, 4.69) is 5.32 Å². The van der Waals surface area contributed by atoms with Crippen LogP contribution in [0.4, 0.5) is 5.69 Å². The Morgan fingerprint density at radius 3 is 2.43 bits per heavy atom. The van der Waals surface area contributed by atoms with Crippen molar-refractivity contribution in [1.82, 2.24) is 0 Å². The summed E-state index contributed by atoms with van der Waals surface area (Å²) in [5, 5.41) is 9.88. The lowest BCUT2D eigenvalue weighted by Crippen LogP contribution is -2.14. The van der Waals surface area contributed by atoms with Gasteiger partial charge in [0.2, 0.25) is 5.91 Å². The highest BCUT2D eigenvalue weighted by Crippen LogP contribution is 2.08. The molecule has 0 aliphatic rings. The Morgan fingerprint density at radius 2 is 1.93 bits per heavy atom. The van der Waals surface area contributed by atoms with Crippen molar-refractivity contribution < 1.29 is 4.79 Å². The highest BCUT2D eigenvalue weighted by atomic mass is 16.1. The fourth-order valence-electron chi connectivity index (χ4n) is 1.08. The lowest BCUT2D eigenvalue weighted by Gasteiger charge is -2.04. The van der Waals surface area contributed by atoms with Gasteiger partial charge in [0.25, 0.3) is 0 Å². The second-order valence-corrected chi connectivity index (χ2v) is 3.37. The quantitative estimate of drug-likeness (QED) is 0.706. The van der Waals surface area contributed by atoms with E-state index in [4.69, 9.17) is 5.41 Å². The van der Waals surface area contributed by atoms with Gasteiger partial charge in [-0.05, 0) is 26.0 Å². The van der Waals surface area contributed by atoms with E-state index in [0.29, 0.717) is 5.71 Å². The summed E-state index contributed by atoms with van der Waals surface area (Å²) in [5.74, 6) is -0.138. The molecule has 14 heavy (non-hydrogen) atoms. The summed E-state index contributed by atoms with van der Waals surface area (Å²) in [5.41, 5.74) is 2.31. The molecule has 0 fully saturated rings. The molecule has 1 aromatic rings. The summed E-state index contributed by atoms with van der Waals surface area (Å²) in [6.07, 6.45) is 0.161. The van der Waals surface area contributed by atoms with E-state index in [1.54, 1.807) is 6.92 Å². The lowest BCUT2D eigenvalue weighted by molar-refractivity contribution is -0.115. The molecule has 3 heteroatoms. The van der Waals surface area contributed by atoms with Crippen molar-refractivity contribution in [3.8, 4) is 0 Å². The number of carbonyl (C=O) groups excluding carboxylic acids is 1. The minimum absolute atomic E-state index is 0.138. The zero-order valence-electron chi connectivity index (χ0n) is 8.42. The smallest absolute Gasteiger partial charge is 0.230 e. The average Bonchev–Trinajstić information content (AvgIpc) is 2.07. The Morgan fingerprint density at radius 1 is 1.36 bits per heavy atom. The van der Waals surface area contributed by atoms with Crippen LogP contribution in [0, 0.1) is 12.3 Å². The van der Waals surface area contributed by atoms with Crippen LogP contribution >= 0.6 is 0 Å². The van der Waals surface area contributed by atoms with Gasteiger partial charge in [0.1, 0.15) is 0 Å². The minimum atomic E-state index is -0.138. The molecule has 0 saturated heterocycles. The average molecular weight is 190 g/mol. The molecule has 0 atom stereocenters. The first-order chi connectivity index (χ1) is 6.58. The maximum absolute atomic E-state index is 11.3. The second kappa shape index (κ2) is 4.56. The van der Waals surface area contributed by atoms with Gasteiger partial charge in [-0.25, -0.2) is 0 Å². The fraction of sp³-hybridized carbons (Fsp3) is 0.273. The van der Waals surface area contributed by atoms with Gasteiger partial charge < -0.3 is 10.7 Å². The number of aryl methyl sites for hydroxylation is 1. The van der Waals surface area contributed by atoms with Gasteiger partial charge in [0, 0.05) is 11.4 Å². The van der Waals surface area contributed by atoms with E-state index in [1.807, 2.05) is 31.2 Å². The Balaban J connectivity index is 2.56. The van der Waals surface area contributed by atoms with Crippen LogP contribution < -0.4 is 5.32 Å². The van der Waals surface area contributed by atoms with Crippen molar-refractivity contribution in [3.63, 3.8) is 0 Å². The predicted molar refractivity (Wildman–Crippen MR) is 57.8 cm³/mol. The number of anilines is 1. The Kier molecular flexibility index (Phi) is 3.40. The molecule has 1 rings (SSSR count). The van der Waals surface area contributed by atoms with Gasteiger partial charge >= 0.3 is 0 Å². The Bertz CT molecular complexity index is 341. The SMILES string of the molecule is CC(=N)CC(=O)Nc1ccc(C)cc1. The van der Waals surface area contributed by atoms with Crippen molar-refractivity contribution in [1.29, 1.82) is 5.41 Å². The Labute approximate surface area is 83.7 Å². The van der Waals surface area contributed by atoms with Gasteiger partial charge in [-0.2, -0.15) is 0 Å². The summed E-state index contributed by atoms with van der Waals surface area (Å²) in [6, 6.07) is 7.58. The van der Waals surface area contributed by atoms with E-state index >= 15 is 0 Å². The predicted octanol–water partition coefficient (Wildman–Crippen LogP) is 2.36. The lowest BCUT2D eigenvalue weighted by atomic mass is 10.2. The molecule has 0 spiro atoms. The zero-order valence-corrected chi connectivity index (χ0v) is 8.42. The topological polar surface area (TPSA) is 53.0 Å². The molecule has 0 unspecified atom stereocenters. The third kappa shape index (κ3) is 3.39. The van der Waals surface area contributed by atoms with E-state index in [1.165, 1.54) is 0 Å². The largest absolute Gasteiger partial charge is 0.326 e. The van der Waals surface area contributed by atoms with Crippen LogP contribution in [0.3, 0.4) is 0 Å². The van der Waals surface area contributed by atoms with Crippen LogP contribution in [0.1, 0.15) is 18.9 Å². The van der Waals surface area contributed by atoms with E-state index in [0.717, 1.165) is 11.3 Å². The molecule has 0 bridgehead atoms. The zero-order chi connectivity index (χ0) is 10.6. The molecule has 74 valence electrons. The molecule has 0 aliphatic heterocycles. The monoisotopic (exact) mass is 190 g/mol. The van der Waals surface area contributed by atoms with Crippen molar-refractivity contribution in [3.05, 3.63) is 29.8 Å². The molecule has 0 aromatic heterocycles. The molecule has 1 aromatic carbocycles. The number of carbonyl (C=O) groups is 1. The van der Waals surface area contributed by atoms with Gasteiger partial charge in [-0.1, -0.05) is 17.7 Å². The van der Waals surface area contributed by atoms with Crippen LogP contribution in [0.5, 0.6) is 0 Å². The van der Waals surface area contributed by atoms with Crippen molar-refractivity contribution in [2.75, 3.05) is 5.32 Å². The summed E-state index contributed by atoms with van der Waals surface area (Å²) in [4.78, 5) is 11.3. The van der Waals surface area contributed by atoms with Crippen LogP contribution in [-0.4, -0.2) is 11.6 Å². The molecule has 0 radical (unpaired) electrons. The maximum Gasteiger partial charge on any atom is 0.230 e. The van der Waals surface area contributed by atoms with Crippen LogP contribution in [0.25, 0.3) is 0 Å². The maximum atomic E-state index is 11.3. The summed E-state index contributed by atoms with van der Waals surface area (Å²) in [6.45, 7) is 3.61. The number of rotatable bonds is 3. The first-order valence-corrected chi connectivity index (χ1v) is 4.48. The highest BCUT2D eigenvalue weighted by molar-refractivity contribution is 6.04. The van der Waals surface area contributed by atoms with E-state index in [-0.39, 0.29) is 12.3 Å². The molecule has 1 amide bonds. The molecule has 0 saturated carbocycles. The highest BCUT2D eigenvalue weighted by Gasteiger charge is 2.02. The Hall–Kier alpha value is -1.64. The number of hydrogen-bond acceptors (Lipinski definition) is 2. The second-order valence-electron chi connectivity index (χ2n) is 3.37.